The number of aromatic nitrogens is 5. The van der Waals surface area contributed by atoms with Gasteiger partial charge in [-0.2, -0.15) is 4.98 Å². The third kappa shape index (κ3) is 5.79. The highest BCUT2D eigenvalue weighted by Crippen LogP contribution is 2.30. The van der Waals surface area contributed by atoms with Gasteiger partial charge < -0.3 is 15.4 Å². The number of fused-ring (bicyclic) bond motifs is 1. The molecule has 6 aromatic rings. The van der Waals surface area contributed by atoms with Crippen molar-refractivity contribution >= 4 is 34.0 Å². The van der Waals surface area contributed by atoms with Crippen LogP contribution in [-0.2, 0) is 6.54 Å². The minimum atomic E-state index is -0.570. The van der Waals surface area contributed by atoms with Gasteiger partial charge >= 0.3 is 0 Å². The highest BCUT2D eigenvalue weighted by Gasteiger charge is 2.19. The molecule has 7 rings (SSSR count). The van der Waals surface area contributed by atoms with Crippen molar-refractivity contribution in [3.05, 3.63) is 118 Å². The van der Waals surface area contributed by atoms with Crippen molar-refractivity contribution in [2.75, 3.05) is 18.4 Å². The van der Waals surface area contributed by atoms with Crippen molar-refractivity contribution in [2.24, 2.45) is 0 Å². The van der Waals surface area contributed by atoms with Crippen LogP contribution in [0.4, 0.5) is 16.0 Å². The van der Waals surface area contributed by atoms with E-state index in [0.29, 0.717) is 28.6 Å². The van der Waals surface area contributed by atoms with Crippen LogP contribution >= 0.6 is 11.3 Å². The van der Waals surface area contributed by atoms with Crippen LogP contribution in [0.15, 0.2) is 95.6 Å². The minimum absolute atomic E-state index is 0.0413. The van der Waals surface area contributed by atoms with Crippen molar-refractivity contribution < 1.29 is 9.13 Å². The number of pyridine rings is 2. The fraction of sp³-hybridized carbons (Fsp3) is 0.182. The Morgan fingerprint density at radius 1 is 1.05 bits per heavy atom. The Hall–Kier alpha value is -5.00. The summed E-state index contributed by atoms with van der Waals surface area (Å²) in [5, 5.41) is 7.30. The molecule has 2 aromatic carbocycles. The van der Waals surface area contributed by atoms with Gasteiger partial charge in [0.2, 0.25) is 5.95 Å². The molecule has 44 heavy (non-hydrogen) atoms. The Kier molecular flexibility index (Phi) is 7.78. The molecule has 11 heteroatoms. The summed E-state index contributed by atoms with van der Waals surface area (Å²) in [6.45, 7) is 2.18. The number of rotatable bonds is 8. The van der Waals surface area contributed by atoms with Crippen LogP contribution in [0.25, 0.3) is 21.5 Å². The number of piperidine rings is 1. The summed E-state index contributed by atoms with van der Waals surface area (Å²) < 4.78 is 21.8. The van der Waals surface area contributed by atoms with Crippen LogP contribution in [0.1, 0.15) is 30.0 Å². The number of hydrogen-bond acceptors (Lipinski definition) is 9. The van der Waals surface area contributed by atoms with E-state index >= 15 is 0 Å². The van der Waals surface area contributed by atoms with Crippen molar-refractivity contribution in [2.45, 2.75) is 25.3 Å². The second kappa shape index (κ2) is 12.3. The molecule has 1 aliphatic heterocycles. The summed E-state index contributed by atoms with van der Waals surface area (Å²) >= 11 is 1.47. The zero-order chi connectivity index (χ0) is 29.9. The number of benzene rings is 2. The monoisotopic (exact) mass is 605 g/mol. The van der Waals surface area contributed by atoms with E-state index in [0.717, 1.165) is 29.2 Å². The molecule has 220 valence electrons. The zero-order valence-corrected chi connectivity index (χ0v) is 24.4. The first-order valence-electron chi connectivity index (χ1n) is 14.4. The molecule has 0 bridgehead atoms. The second-order valence-electron chi connectivity index (χ2n) is 10.6. The second-order valence-corrected chi connectivity index (χ2v) is 11.4. The van der Waals surface area contributed by atoms with Crippen LogP contribution in [0.3, 0.4) is 0 Å². The van der Waals surface area contributed by atoms with Gasteiger partial charge in [0, 0.05) is 36.2 Å². The first kappa shape index (κ1) is 27.8. The minimum Gasteiger partial charge on any atom is -0.448 e. The summed E-state index contributed by atoms with van der Waals surface area (Å²) in [7, 11) is 0. The van der Waals surface area contributed by atoms with Crippen molar-refractivity contribution in [3.63, 3.8) is 0 Å². The maximum Gasteiger partial charge on any atom is 0.295 e. The summed E-state index contributed by atoms with van der Waals surface area (Å²) in [6, 6.07) is 19.6. The first-order chi connectivity index (χ1) is 21.6. The van der Waals surface area contributed by atoms with E-state index in [1.165, 1.54) is 46.4 Å². The molecule has 1 saturated heterocycles. The smallest absolute Gasteiger partial charge is 0.295 e. The van der Waals surface area contributed by atoms with E-state index in [2.05, 4.69) is 37.7 Å². The number of halogens is 1. The number of hydrogen-bond donors (Lipinski definition) is 2. The molecule has 1 fully saturated rings. The Balaban J connectivity index is 1.26. The fourth-order valence-corrected chi connectivity index (χ4v) is 6.24. The van der Waals surface area contributed by atoms with Crippen LogP contribution < -0.4 is 20.9 Å². The molecule has 9 nitrogen and oxygen atoms in total. The van der Waals surface area contributed by atoms with Gasteiger partial charge in [-0.25, -0.2) is 14.4 Å². The molecule has 1 atom stereocenters. The van der Waals surface area contributed by atoms with E-state index < -0.39 is 11.4 Å². The number of anilines is 2. The standard InChI is InChI=1S/C33H28FN7O2S/c34-26-5-1-2-6-28(26)43-29-16-24-18-37-33(39-25-9-7-21(8-10-25)23-4-3-13-36-17-23)40-31(24)41(32(29)42)19-27-30(44-20-38-27)22-11-14-35-15-12-22/h1-2,5-12,14-16,18,20,23,36H,3-4,13,17,19H2,(H,37,39,40). The predicted molar refractivity (Wildman–Crippen MR) is 169 cm³/mol. The summed E-state index contributed by atoms with van der Waals surface area (Å²) in [6.07, 6.45) is 7.41. The molecule has 0 amide bonds. The molecule has 2 N–H and O–H groups in total. The van der Waals surface area contributed by atoms with Crippen LogP contribution in [0, 0.1) is 5.82 Å². The van der Waals surface area contributed by atoms with E-state index in [4.69, 9.17) is 9.72 Å². The summed E-state index contributed by atoms with van der Waals surface area (Å²) in [5.41, 5.74) is 5.44. The summed E-state index contributed by atoms with van der Waals surface area (Å²) in [4.78, 5) is 32.8. The topological polar surface area (TPSA) is 107 Å². The molecular weight excluding hydrogens is 577 g/mol. The Morgan fingerprint density at radius 3 is 2.68 bits per heavy atom. The Bertz CT molecular complexity index is 1970. The van der Waals surface area contributed by atoms with Gasteiger partial charge in [-0.3, -0.25) is 14.3 Å². The molecule has 0 saturated carbocycles. The zero-order valence-electron chi connectivity index (χ0n) is 23.6. The quantitative estimate of drug-likeness (QED) is 0.203. The lowest BCUT2D eigenvalue weighted by molar-refractivity contribution is 0.433. The highest BCUT2D eigenvalue weighted by molar-refractivity contribution is 7.13. The van der Waals surface area contributed by atoms with Gasteiger partial charge in [0.25, 0.3) is 5.56 Å². The lowest BCUT2D eigenvalue weighted by atomic mass is 9.92. The normalized spacial score (nSPS) is 14.9. The van der Waals surface area contributed by atoms with E-state index in [9.17, 15) is 9.18 Å². The predicted octanol–water partition coefficient (Wildman–Crippen LogP) is 6.50. The number of nitrogens with zero attached hydrogens (tertiary/aromatic N) is 5. The molecule has 1 unspecified atom stereocenters. The van der Waals surface area contributed by atoms with Gasteiger partial charge in [-0.05, 0) is 78.9 Å². The highest BCUT2D eigenvalue weighted by atomic mass is 32.1. The third-order valence-corrected chi connectivity index (χ3v) is 8.60. The van der Waals surface area contributed by atoms with Gasteiger partial charge in [0.15, 0.2) is 17.3 Å². The van der Waals surface area contributed by atoms with Crippen molar-refractivity contribution in [1.29, 1.82) is 0 Å². The van der Waals surface area contributed by atoms with Crippen LogP contribution in [-0.4, -0.2) is 37.6 Å². The van der Waals surface area contributed by atoms with Crippen molar-refractivity contribution in [3.8, 4) is 21.9 Å². The van der Waals surface area contributed by atoms with Crippen LogP contribution in [0.2, 0.25) is 0 Å². The molecule has 5 heterocycles. The molecule has 0 aliphatic carbocycles. The van der Waals surface area contributed by atoms with E-state index in [1.807, 2.05) is 24.3 Å². The number of thiazole rings is 1. The van der Waals surface area contributed by atoms with Gasteiger partial charge in [0.1, 0.15) is 5.65 Å². The lowest BCUT2D eigenvalue weighted by Crippen LogP contribution is -2.28. The number of ether oxygens (including phenoxy) is 1. The fourth-order valence-electron chi connectivity index (χ4n) is 5.43. The number of nitrogens with one attached hydrogen (secondary N) is 2. The molecular formula is C33H28FN7O2S. The lowest BCUT2D eigenvalue weighted by Gasteiger charge is -2.23. The Labute approximate surface area is 256 Å². The molecule has 0 spiro atoms. The maximum atomic E-state index is 14.5. The van der Waals surface area contributed by atoms with Gasteiger partial charge in [0.05, 0.1) is 22.6 Å². The molecule has 4 aromatic heterocycles. The van der Waals surface area contributed by atoms with E-state index in [1.54, 1.807) is 42.3 Å². The maximum absolute atomic E-state index is 14.5. The molecule has 0 radical (unpaired) electrons. The van der Waals surface area contributed by atoms with Crippen LogP contribution in [0.5, 0.6) is 11.5 Å². The van der Waals surface area contributed by atoms with Gasteiger partial charge in [-0.15, -0.1) is 11.3 Å². The first-order valence-corrected chi connectivity index (χ1v) is 15.2. The van der Waals surface area contributed by atoms with E-state index in [-0.39, 0.29) is 18.0 Å². The summed E-state index contributed by atoms with van der Waals surface area (Å²) in [5.74, 6) is 0.189. The molecule has 1 aliphatic rings. The Morgan fingerprint density at radius 2 is 1.89 bits per heavy atom. The SMILES string of the molecule is O=c1c(Oc2ccccc2F)cc2cnc(Nc3ccc(C4CCCNC4)cc3)nc2n1Cc1ncsc1-c1ccncc1. The average molecular weight is 606 g/mol. The number of para-hydroxylation sites is 1. The van der Waals surface area contributed by atoms with Gasteiger partial charge in [-0.1, -0.05) is 24.3 Å². The third-order valence-electron chi connectivity index (χ3n) is 7.68. The largest absolute Gasteiger partial charge is 0.448 e. The average Bonchev–Trinajstić information content (AvgIpc) is 3.54. The van der Waals surface area contributed by atoms with Crippen molar-refractivity contribution in [1.82, 2.24) is 29.8 Å².